The molecular formula is C32H21BO3. The molecule has 0 aliphatic heterocycles. The fourth-order valence-electron chi connectivity index (χ4n) is 5.45. The number of furan rings is 1. The van der Waals surface area contributed by atoms with E-state index in [0.29, 0.717) is 5.46 Å². The number of fused-ring (bicyclic) bond motifs is 5. The first-order valence-corrected chi connectivity index (χ1v) is 12.0. The summed E-state index contributed by atoms with van der Waals surface area (Å²) in [7, 11) is -1.48. The third-order valence-corrected chi connectivity index (χ3v) is 7.09. The maximum atomic E-state index is 9.57. The molecule has 0 radical (unpaired) electrons. The third-order valence-electron chi connectivity index (χ3n) is 7.09. The lowest BCUT2D eigenvalue weighted by Crippen LogP contribution is -2.29. The summed E-state index contributed by atoms with van der Waals surface area (Å²) >= 11 is 0. The van der Waals surface area contributed by atoms with Crippen LogP contribution in [0.2, 0.25) is 0 Å². The van der Waals surface area contributed by atoms with Gasteiger partial charge in [0, 0.05) is 10.8 Å². The van der Waals surface area contributed by atoms with Crippen LogP contribution in [0, 0.1) is 0 Å². The third kappa shape index (κ3) is 3.16. The van der Waals surface area contributed by atoms with Crippen molar-refractivity contribution in [1.29, 1.82) is 0 Å². The molecule has 0 fully saturated rings. The fourth-order valence-corrected chi connectivity index (χ4v) is 5.45. The molecule has 3 nitrogen and oxygen atoms in total. The first kappa shape index (κ1) is 21.0. The highest BCUT2D eigenvalue weighted by Gasteiger charge is 2.18. The zero-order chi connectivity index (χ0) is 24.2. The summed E-state index contributed by atoms with van der Waals surface area (Å²) in [5.41, 5.74) is 6.77. The summed E-state index contributed by atoms with van der Waals surface area (Å²) in [5.74, 6) is 0. The lowest BCUT2D eigenvalue weighted by molar-refractivity contribution is 0.426. The molecule has 0 saturated carbocycles. The Kier molecular flexibility index (Phi) is 4.71. The van der Waals surface area contributed by atoms with Crippen molar-refractivity contribution < 1.29 is 14.5 Å². The van der Waals surface area contributed by atoms with Crippen molar-refractivity contribution in [3.63, 3.8) is 0 Å². The minimum atomic E-state index is -1.48. The van der Waals surface area contributed by atoms with E-state index in [0.717, 1.165) is 49.4 Å². The summed E-state index contributed by atoms with van der Waals surface area (Å²) in [6, 6.07) is 39.1. The van der Waals surface area contributed by atoms with E-state index in [-0.39, 0.29) is 0 Å². The van der Waals surface area contributed by atoms with Gasteiger partial charge in [0.1, 0.15) is 11.2 Å². The summed E-state index contributed by atoms with van der Waals surface area (Å²) in [6.07, 6.45) is 0. The smallest absolute Gasteiger partial charge is 0.456 e. The molecule has 2 N–H and O–H groups in total. The van der Waals surface area contributed by atoms with Gasteiger partial charge >= 0.3 is 7.12 Å². The first-order valence-electron chi connectivity index (χ1n) is 12.0. The van der Waals surface area contributed by atoms with Crippen LogP contribution in [-0.2, 0) is 0 Å². The van der Waals surface area contributed by atoms with Crippen LogP contribution in [0.25, 0.3) is 65.7 Å². The Morgan fingerprint density at radius 1 is 0.444 bits per heavy atom. The summed E-state index contributed by atoms with van der Waals surface area (Å²) in [4.78, 5) is 0. The Morgan fingerprint density at radius 3 is 1.50 bits per heavy atom. The Bertz CT molecular complexity index is 1860. The summed E-state index contributed by atoms with van der Waals surface area (Å²) < 4.78 is 6.09. The number of rotatable bonds is 3. The second-order valence-electron chi connectivity index (χ2n) is 9.15. The van der Waals surface area contributed by atoms with E-state index in [2.05, 4.69) is 72.8 Å². The highest BCUT2D eigenvalue weighted by atomic mass is 16.4. The molecule has 0 amide bonds. The van der Waals surface area contributed by atoms with E-state index in [1.165, 1.54) is 16.3 Å². The number of hydrogen-bond donors (Lipinski definition) is 2. The van der Waals surface area contributed by atoms with Gasteiger partial charge in [0.05, 0.1) is 0 Å². The normalized spacial score (nSPS) is 11.6. The van der Waals surface area contributed by atoms with Crippen molar-refractivity contribution in [3.8, 4) is 22.3 Å². The van der Waals surface area contributed by atoms with E-state index in [9.17, 15) is 10.0 Å². The molecule has 0 aliphatic carbocycles. The SMILES string of the molecule is OB(O)c1ccc(-c2c3ccccc3c(-c3ccc4oc5ccccc5c4c3)c3ccccc23)cc1. The van der Waals surface area contributed by atoms with Crippen molar-refractivity contribution >= 4 is 56.1 Å². The molecule has 0 spiro atoms. The Hall–Kier alpha value is -4.38. The van der Waals surface area contributed by atoms with Crippen molar-refractivity contribution in [2.45, 2.75) is 0 Å². The van der Waals surface area contributed by atoms with Gasteiger partial charge in [-0.15, -0.1) is 0 Å². The van der Waals surface area contributed by atoms with Crippen molar-refractivity contribution in [2.75, 3.05) is 0 Å². The van der Waals surface area contributed by atoms with Crippen molar-refractivity contribution in [2.24, 2.45) is 0 Å². The molecule has 7 rings (SSSR count). The van der Waals surface area contributed by atoms with Gasteiger partial charge in [0.15, 0.2) is 0 Å². The second kappa shape index (κ2) is 8.09. The van der Waals surface area contributed by atoms with Gasteiger partial charge in [-0.1, -0.05) is 97.1 Å². The molecule has 170 valence electrons. The van der Waals surface area contributed by atoms with Crippen LogP contribution in [0.3, 0.4) is 0 Å². The van der Waals surface area contributed by atoms with Gasteiger partial charge in [0.25, 0.3) is 0 Å². The molecule has 4 heteroatoms. The number of para-hydroxylation sites is 1. The van der Waals surface area contributed by atoms with Gasteiger partial charge in [-0.3, -0.25) is 0 Å². The molecule has 6 aromatic carbocycles. The van der Waals surface area contributed by atoms with E-state index in [1.54, 1.807) is 12.1 Å². The number of hydrogen-bond acceptors (Lipinski definition) is 3. The summed E-state index contributed by atoms with van der Waals surface area (Å²) in [6.45, 7) is 0. The van der Waals surface area contributed by atoms with E-state index in [4.69, 9.17) is 4.42 Å². The topological polar surface area (TPSA) is 53.6 Å². The molecule has 1 aromatic heterocycles. The molecule has 7 aromatic rings. The largest absolute Gasteiger partial charge is 0.488 e. The van der Waals surface area contributed by atoms with Crippen LogP contribution < -0.4 is 5.46 Å². The monoisotopic (exact) mass is 464 g/mol. The van der Waals surface area contributed by atoms with Crippen LogP contribution in [0.4, 0.5) is 0 Å². The molecule has 0 bridgehead atoms. The van der Waals surface area contributed by atoms with Gasteiger partial charge in [-0.25, -0.2) is 0 Å². The summed E-state index contributed by atoms with van der Waals surface area (Å²) in [5, 5.41) is 26.0. The van der Waals surface area contributed by atoms with E-state index in [1.807, 2.05) is 30.3 Å². The molecule has 0 unspecified atom stereocenters. The van der Waals surface area contributed by atoms with Crippen molar-refractivity contribution in [3.05, 3.63) is 115 Å². The van der Waals surface area contributed by atoms with Gasteiger partial charge in [-0.2, -0.15) is 0 Å². The lowest BCUT2D eigenvalue weighted by atomic mass is 9.79. The number of benzene rings is 6. The first-order chi connectivity index (χ1) is 17.7. The van der Waals surface area contributed by atoms with Crippen LogP contribution in [0.5, 0.6) is 0 Å². The quantitative estimate of drug-likeness (QED) is 0.221. The zero-order valence-corrected chi connectivity index (χ0v) is 19.3. The molecule has 36 heavy (non-hydrogen) atoms. The predicted octanol–water partition coefficient (Wildman–Crippen LogP) is 6.91. The lowest BCUT2D eigenvalue weighted by Gasteiger charge is -2.18. The standard InChI is InChI=1S/C32H21BO3/c34-33(35)22-16-13-20(14-17-22)31-24-8-1-3-10-26(24)32(27-11-4-2-9-25(27)31)21-15-18-30-28(19-21)23-7-5-6-12-29(23)36-30/h1-19,34-35H. The minimum Gasteiger partial charge on any atom is -0.456 e. The van der Waals surface area contributed by atoms with Crippen molar-refractivity contribution in [1.82, 2.24) is 0 Å². The molecular weight excluding hydrogens is 443 g/mol. The fraction of sp³-hybridized carbons (Fsp3) is 0. The van der Waals surface area contributed by atoms with Crippen LogP contribution in [-0.4, -0.2) is 17.2 Å². The maximum Gasteiger partial charge on any atom is 0.488 e. The van der Waals surface area contributed by atoms with Gasteiger partial charge in [-0.05, 0) is 67.5 Å². The van der Waals surface area contributed by atoms with Gasteiger partial charge in [0.2, 0.25) is 0 Å². The highest BCUT2D eigenvalue weighted by Crippen LogP contribution is 2.44. The Labute approximate surface area is 208 Å². The zero-order valence-electron chi connectivity index (χ0n) is 19.3. The molecule has 0 saturated heterocycles. The van der Waals surface area contributed by atoms with Crippen LogP contribution >= 0.6 is 0 Å². The van der Waals surface area contributed by atoms with Crippen LogP contribution in [0.1, 0.15) is 0 Å². The predicted molar refractivity (Wildman–Crippen MR) is 149 cm³/mol. The van der Waals surface area contributed by atoms with E-state index >= 15 is 0 Å². The van der Waals surface area contributed by atoms with E-state index < -0.39 is 7.12 Å². The average molecular weight is 464 g/mol. The maximum absolute atomic E-state index is 9.57. The van der Waals surface area contributed by atoms with Gasteiger partial charge < -0.3 is 14.5 Å². The Balaban J connectivity index is 1.56. The van der Waals surface area contributed by atoms with Crippen LogP contribution in [0.15, 0.2) is 120 Å². The molecule has 0 aliphatic rings. The average Bonchev–Trinajstić information content (AvgIpc) is 3.29. The Morgan fingerprint density at radius 2 is 0.917 bits per heavy atom. The minimum absolute atomic E-state index is 0.477. The second-order valence-corrected chi connectivity index (χ2v) is 9.15. The molecule has 0 atom stereocenters. The highest BCUT2D eigenvalue weighted by molar-refractivity contribution is 6.58. The molecule has 1 heterocycles.